The van der Waals surface area contributed by atoms with Crippen LogP contribution in [-0.4, -0.2) is 53.6 Å². The zero-order valence-corrected chi connectivity index (χ0v) is 13.3. The van der Waals surface area contributed by atoms with Gasteiger partial charge in [-0.25, -0.2) is 0 Å². The minimum absolute atomic E-state index is 0.186. The molecule has 2 atom stereocenters. The Hall–Kier alpha value is -0.610. The van der Waals surface area contributed by atoms with Crippen LogP contribution in [-0.2, 0) is 4.79 Å². The third kappa shape index (κ3) is 2.22. The van der Waals surface area contributed by atoms with Gasteiger partial charge in [-0.1, -0.05) is 25.7 Å². The number of nitrogens with zero attached hydrogens (tertiary/aromatic N) is 2. The summed E-state index contributed by atoms with van der Waals surface area (Å²) in [6.45, 7) is 2.20. The Morgan fingerprint density at radius 2 is 1.81 bits per heavy atom. The van der Waals surface area contributed by atoms with Gasteiger partial charge in [-0.2, -0.15) is 0 Å². The fourth-order valence-electron chi connectivity index (χ4n) is 5.27. The smallest absolute Gasteiger partial charge is 0.244 e. The van der Waals surface area contributed by atoms with Gasteiger partial charge in [0.2, 0.25) is 5.91 Å². The molecule has 4 heteroatoms. The van der Waals surface area contributed by atoms with E-state index in [2.05, 4.69) is 22.2 Å². The monoisotopic (exact) mass is 291 g/mol. The van der Waals surface area contributed by atoms with Crippen LogP contribution in [0.15, 0.2) is 0 Å². The van der Waals surface area contributed by atoms with E-state index in [4.69, 9.17) is 0 Å². The maximum Gasteiger partial charge on any atom is 0.244 e. The van der Waals surface area contributed by atoms with Crippen LogP contribution >= 0.6 is 0 Å². The Morgan fingerprint density at radius 1 is 1.10 bits per heavy atom. The molecule has 0 bridgehead atoms. The minimum Gasteiger partial charge on any atom is -0.321 e. The van der Waals surface area contributed by atoms with E-state index in [1.807, 2.05) is 0 Å². The van der Waals surface area contributed by atoms with Gasteiger partial charge in [0.05, 0.1) is 11.7 Å². The molecule has 2 saturated heterocycles. The van der Waals surface area contributed by atoms with Crippen molar-refractivity contribution < 1.29 is 4.79 Å². The first-order valence-electron chi connectivity index (χ1n) is 8.99. The van der Waals surface area contributed by atoms with E-state index in [0.717, 1.165) is 32.4 Å². The molecular formula is C17H29N3O. The number of carbonyl (C=O) groups is 1. The molecule has 0 aromatic carbocycles. The summed E-state index contributed by atoms with van der Waals surface area (Å²) in [4.78, 5) is 17.9. The molecule has 1 spiro atoms. The molecule has 0 aromatic rings. The van der Waals surface area contributed by atoms with Crippen molar-refractivity contribution in [1.82, 2.24) is 15.1 Å². The molecule has 0 aromatic heterocycles. The molecule has 2 unspecified atom stereocenters. The van der Waals surface area contributed by atoms with Gasteiger partial charge < -0.3 is 9.80 Å². The fraction of sp³-hybridized carbons (Fsp3) is 0.941. The van der Waals surface area contributed by atoms with E-state index >= 15 is 0 Å². The minimum atomic E-state index is -0.186. The van der Waals surface area contributed by atoms with E-state index in [-0.39, 0.29) is 5.54 Å². The van der Waals surface area contributed by atoms with Crippen LogP contribution in [0.5, 0.6) is 0 Å². The van der Waals surface area contributed by atoms with Crippen molar-refractivity contribution in [2.75, 3.05) is 20.1 Å². The summed E-state index contributed by atoms with van der Waals surface area (Å²) >= 11 is 0. The van der Waals surface area contributed by atoms with Crippen LogP contribution in [0.1, 0.15) is 57.8 Å². The maximum atomic E-state index is 13.2. The highest BCUT2D eigenvalue weighted by Gasteiger charge is 2.56. The molecule has 21 heavy (non-hydrogen) atoms. The second-order valence-electron chi connectivity index (χ2n) is 7.84. The third-order valence-electron chi connectivity index (χ3n) is 6.43. The van der Waals surface area contributed by atoms with E-state index in [1.165, 1.54) is 38.5 Å². The van der Waals surface area contributed by atoms with Crippen LogP contribution in [0.4, 0.5) is 0 Å². The second kappa shape index (κ2) is 5.24. The van der Waals surface area contributed by atoms with Gasteiger partial charge in [-0.15, -0.1) is 0 Å². The van der Waals surface area contributed by atoms with Crippen molar-refractivity contribution in [2.24, 2.45) is 5.92 Å². The van der Waals surface area contributed by atoms with Gasteiger partial charge in [-0.05, 0) is 51.6 Å². The van der Waals surface area contributed by atoms with Crippen molar-refractivity contribution in [3.8, 4) is 0 Å². The van der Waals surface area contributed by atoms with Gasteiger partial charge in [0.1, 0.15) is 0 Å². The Morgan fingerprint density at radius 3 is 2.43 bits per heavy atom. The molecule has 4 nitrogen and oxygen atoms in total. The highest BCUT2D eigenvalue weighted by molar-refractivity contribution is 5.89. The SMILES string of the molecule is CN1CCC(N2C(=O)C3(CCCC3)NC2C2CCCC2)C1. The zero-order valence-electron chi connectivity index (χ0n) is 13.3. The first kappa shape index (κ1) is 14.0. The molecule has 4 fully saturated rings. The Labute approximate surface area is 128 Å². The highest BCUT2D eigenvalue weighted by Crippen LogP contribution is 2.42. The summed E-state index contributed by atoms with van der Waals surface area (Å²) < 4.78 is 0. The number of hydrogen-bond donors (Lipinski definition) is 1. The molecule has 2 saturated carbocycles. The molecule has 2 heterocycles. The molecule has 4 aliphatic rings. The summed E-state index contributed by atoms with van der Waals surface area (Å²) in [5.41, 5.74) is -0.186. The van der Waals surface area contributed by atoms with E-state index < -0.39 is 0 Å². The largest absolute Gasteiger partial charge is 0.321 e. The number of likely N-dealkylation sites (tertiary alicyclic amines) is 1. The summed E-state index contributed by atoms with van der Waals surface area (Å²) in [5.74, 6) is 1.14. The second-order valence-corrected chi connectivity index (χ2v) is 7.84. The standard InChI is InChI=1S/C17H29N3O/c1-19-11-8-14(12-19)20-15(13-6-2-3-7-13)18-17(16(20)21)9-4-5-10-17/h13-15,18H,2-12H2,1H3. The van der Waals surface area contributed by atoms with Gasteiger partial charge in [0.25, 0.3) is 0 Å². The van der Waals surface area contributed by atoms with Gasteiger partial charge in [0.15, 0.2) is 0 Å². The van der Waals surface area contributed by atoms with Crippen LogP contribution < -0.4 is 5.32 Å². The Bertz CT molecular complexity index is 412. The predicted molar refractivity (Wildman–Crippen MR) is 82.8 cm³/mol. The Balaban J connectivity index is 1.61. The lowest BCUT2D eigenvalue weighted by atomic mass is 9.97. The van der Waals surface area contributed by atoms with Crippen LogP contribution in [0, 0.1) is 5.92 Å². The van der Waals surface area contributed by atoms with Crippen molar-refractivity contribution in [3.63, 3.8) is 0 Å². The number of likely N-dealkylation sites (N-methyl/N-ethyl adjacent to an activating group) is 1. The first-order valence-corrected chi connectivity index (χ1v) is 8.99. The molecule has 1 amide bonds. The third-order valence-corrected chi connectivity index (χ3v) is 6.43. The topological polar surface area (TPSA) is 35.6 Å². The summed E-state index contributed by atoms with van der Waals surface area (Å²) in [6, 6.07) is 0.445. The summed E-state index contributed by atoms with van der Waals surface area (Å²) in [7, 11) is 2.18. The summed E-state index contributed by atoms with van der Waals surface area (Å²) in [5, 5.41) is 3.86. The number of rotatable bonds is 2. The van der Waals surface area contributed by atoms with Crippen molar-refractivity contribution in [2.45, 2.75) is 75.5 Å². The molecule has 118 valence electrons. The van der Waals surface area contributed by atoms with E-state index in [9.17, 15) is 4.79 Å². The Kier molecular flexibility index (Phi) is 3.49. The quantitative estimate of drug-likeness (QED) is 0.845. The van der Waals surface area contributed by atoms with Crippen LogP contribution in [0.25, 0.3) is 0 Å². The number of carbonyl (C=O) groups excluding carboxylic acids is 1. The zero-order chi connectivity index (χ0) is 14.4. The number of hydrogen-bond acceptors (Lipinski definition) is 3. The molecule has 0 radical (unpaired) electrons. The van der Waals surface area contributed by atoms with Gasteiger partial charge >= 0.3 is 0 Å². The maximum absolute atomic E-state index is 13.2. The molecule has 1 N–H and O–H groups in total. The average Bonchev–Trinajstić information content (AvgIpc) is 3.22. The van der Waals surface area contributed by atoms with E-state index in [1.54, 1.807) is 0 Å². The van der Waals surface area contributed by atoms with Crippen LogP contribution in [0.3, 0.4) is 0 Å². The first-order chi connectivity index (χ1) is 10.2. The fourth-order valence-corrected chi connectivity index (χ4v) is 5.27. The number of nitrogens with one attached hydrogen (secondary N) is 1. The van der Waals surface area contributed by atoms with Gasteiger partial charge in [0, 0.05) is 12.6 Å². The highest BCUT2D eigenvalue weighted by atomic mass is 16.2. The van der Waals surface area contributed by atoms with Crippen molar-refractivity contribution in [1.29, 1.82) is 0 Å². The van der Waals surface area contributed by atoms with Crippen molar-refractivity contribution >= 4 is 5.91 Å². The lowest BCUT2D eigenvalue weighted by Crippen LogP contribution is -2.48. The molecule has 2 aliphatic heterocycles. The molecule has 2 aliphatic carbocycles. The predicted octanol–water partition coefficient (Wildman–Crippen LogP) is 1.95. The summed E-state index contributed by atoms with van der Waals surface area (Å²) in [6.07, 6.45) is 11.4. The lowest BCUT2D eigenvalue weighted by molar-refractivity contribution is -0.135. The van der Waals surface area contributed by atoms with Crippen molar-refractivity contribution in [3.05, 3.63) is 0 Å². The molecular weight excluding hydrogens is 262 g/mol. The molecule has 4 rings (SSSR count). The number of amides is 1. The normalized spacial score (nSPS) is 37.4. The lowest BCUT2D eigenvalue weighted by Gasteiger charge is -2.33. The van der Waals surface area contributed by atoms with E-state index in [0.29, 0.717) is 24.0 Å². The van der Waals surface area contributed by atoms with Crippen LogP contribution in [0.2, 0.25) is 0 Å². The van der Waals surface area contributed by atoms with Gasteiger partial charge in [-0.3, -0.25) is 10.1 Å². The average molecular weight is 291 g/mol.